The van der Waals surface area contributed by atoms with Crippen molar-refractivity contribution < 1.29 is 14.4 Å². The number of anilines is 2. The van der Waals surface area contributed by atoms with Crippen molar-refractivity contribution in [2.75, 3.05) is 10.6 Å². The predicted molar refractivity (Wildman–Crippen MR) is 92.3 cm³/mol. The van der Waals surface area contributed by atoms with Crippen LogP contribution >= 0.6 is 23.8 Å². The molecule has 0 radical (unpaired) electrons. The predicted octanol–water partition coefficient (Wildman–Crippen LogP) is 3.99. The van der Waals surface area contributed by atoms with Crippen LogP contribution in [0.15, 0.2) is 47.0 Å². The number of halogens is 1. The lowest BCUT2D eigenvalue weighted by Gasteiger charge is -2.09. The largest absolute Gasteiger partial charge is 0.478 e. The van der Waals surface area contributed by atoms with E-state index in [-0.39, 0.29) is 10.7 Å². The van der Waals surface area contributed by atoms with Gasteiger partial charge in [-0.1, -0.05) is 22.8 Å². The highest BCUT2D eigenvalue weighted by atomic mass is 35.5. The molecule has 3 N–H and O–H groups in total. The number of aromatic nitrogens is 1. The van der Waals surface area contributed by atoms with E-state index in [2.05, 4.69) is 15.8 Å². The van der Waals surface area contributed by atoms with Crippen molar-refractivity contribution in [1.29, 1.82) is 0 Å². The molecule has 0 bridgehead atoms. The van der Waals surface area contributed by atoms with Crippen molar-refractivity contribution in [3.05, 3.63) is 53.1 Å². The summed E-state index contributed by atoms with van der Waals surface area (Å²) < 4.78 is 5.17. The van der Waals surface area contributed by atoms with Crippen LogP contribution < -0.4 is 10.6 Å². The first-order chi connectivity index (χ1) is 11.0. The van der Waals surface area contributed by atoms with Gasteiger partial charge < -0.3 is 20.3 Å². The fraction of sp³-hybridized carbons (Fsp3) is 0. The van der Waals surface area contributed by atoms with E-state index in [9.17, 15) is 4.79 Å². The van der Waals surface area contributed by atoms with Gasteiger partial charge in [-0.3, -0.25) is 0 Å². The highest BCUT2D eigenvalue weighted by Crippen LogP contribution is 2.25. The summed E-state index contributed by atoms with van der Waals surface area (Å²) in [6.45, 7) is 0. The van der Waals surface area contributed by atoms with Crippen LogP contribution in [0.4, 0.5) is 11.5 Å². The zero-order valence-electron chi connectivity index (χ0n) is 11.5. The van der Waals surface area contributed by atoms with Crippen LogP contribution in [0.3, 0.4) is 0 Å². The number of nitrogens with one attached hydrogen (secondary N) is 2. The SMILES string of the molecule is O=C(O)c1cccc(NC(=S)Nc2noc3cc(Cl)ccc23)c1. The molecule has 2 aromatic carbocycles. The second kappa shape index (κ2) is 6.23. The number of carbonyl (C=O) groups is 1. The van der Waals surface area contributed by atoms with Gasteiger partial charge in [-0.25, -0.2) is 4.79 Å². The summed E-state index contributed by atoms with van der Waals surface area (Å²) in [6.07, 6.45) is 0. The van der Waals surface area contributed by atoms with Crippen molar-refractivity contribution in [1.82, 2.24) is 5.16 Å². The van der Waals surface area contributed by atoms with E-state index >= 15 is 0 Å². The summed E-state index contributed by atoms with van der Waals surface area (Å²) >= 11 is 11.1. The fourth-order valence-corrected chi connectivity index (χ4v) is 2.38. The Hall–Kier alpha value is -2.64. The van der Waals surface area contributed by atoms with Crippen LogP contribution in [0.5, 0.6) is 0 Å². The van der Waals surface area contributed by atoms with Crippen molar-refractivity contribution in [3.63, 3.8) is 0 Å². The van der Waals surface area contributed by atoms with Crippen LogP contribution in [0, 0.1) is 0 Å². The molecule has 8 heteroatoms. The maximum atomic E-state index is 11.0. The lowest BCUT2D eigenvalue weighted by molar-refractivity contribution is 0.0697. The number of thiocarbonyl (C=S) groups is 1. The lowest BCUT2D eigenvalue weighted by Crippen LogP contribution is -2.19. The highest BCUT2D eigenvalue weighted by Gasteiger charge is 2.10. The van der Waals surface area contributed by atoms with Crippen LogP contribution in [-0.2, 0) is 0 Å². The fourth-order valence-electron chi connectivity index (χ4n) is 2.00. The molecule has 0 saturated heterocycles. The zero-order valence-corrected chi connectivity index (χ0v) is 13.1. The van der Waals surface area contributed by atoms with E-state index in [0.717, 1.165) is 5.39 Å². The average molecular weight is 348 g/mol. The van der Waals surface area contributed by atoms with Gasteiger partial charge in [0, 0.05) is 16.8 Å². The molecule has 0 aliphatic heterocycles. The van der Waals surface area contributed by atoms with Crippen LogP contribution in [0.2, 0.25) is 5.02 Å². The molecule has 1 heterocycles. The van der Waals surface area contributed by atoms with Crippen LogP contribution in [0.25, 0.3) is 11.0 Å². The highest BCUT2D eigenvalue weighted by molar-refractivity contribution is 7.80. The quantitative estimate of drug-likeness (QED) is 0.617. The first-order valence-electron chi connectivity index (χ1n) is 6.49. The van der Waals surface area contributed by atoms with Gasteiger partial charge >= 0.3 is 5.97 Å². The van der Waals surface area contributed by atoms with Crippen molar-refractivity contribution in [3.8, 4) is 0 Å². The number of fused-ring (bicyclic) bond motifs is 1. The number of benzene rings is 2. The maximum absolute atomic E-state index is 11.0. The summed E-state index contributed by atoms with van der Waals surface area (Å²) in [7, 11) is 0. The van der Waals surface area contributed by atoms with E-state index < -0.39 is 5.97 Å². The Labute approximate surface area is 141 Å². The summed E-state index contributed by atoms with van der Waals surface area (Å²) in [6, 6.07) is 11.5. The summed E-state index contributed by atoms with van der Waals surface area (Å²) in [5.41, 5.74) is 1.26. The average Bonchev–Trinajstić information content (AvgIpc) is 2.89. The lowest BCUT2D eigenvalue weighted by atomic mass is 10.2. The second-order valence-corrected chi connectivity index (χ2v) is 5.48. The Kier molecular flexibility index (Phi) is 4.14. The van der Waals surface area contributed by atoms with E-state index in [0.29, 0.717) is 22.1 Å². The van der Waals surface area contributed by atoms with Gasteiger partial charge in [-0.2, -0.15) is 0 Å². The number of rotatable bonds is 3. The molecule has 6 nitrogen and oxygen atoms in total. The Morgan fingerprint density at radius 2 is 2.04 bits per heavy atom. The Morgan fingerprint density at radius 3 is 2.83 bits per heavy atom. The van der Waals surface area contributed by atoms with E-state index in [1.807, 2.05) is 0 Å². The van der Waals surface area contributed by atoms with E-state index in [1.54, 1.807) is 30.3 Å². The third kappa shape index (κ3) is 3.41. The molecule has 23 heavy (non-hydrogen) atoms. The number of nitrogens with zero attached hydrogens (tertiary/aromatic N) is 1. The van der Waals surface area contributed by atoms with Crippen molar-refractivity contribution in [2.45, 2.75) is 0 Å². The Bertz CT molecular complexity index is 910. The van der Waals surface area contributed by atoms with Gasteiger partial charge in [0.2, 0.25) is 0 Å². The van der Waals surface area contributed by atoms with E-state index in [1.165, 1.54) is 12.1 Å². The molecule has 0 atom stereocenters. The molecule has 0 amide bonds. The number of carboxylic acid groups (broad SMARTS) is 1. The molecule has 116 valence electrons. The third-order valence-electron chi connectivity index (χ3n) is 3.03. The smallest absolute Gasteiger partial charge is 0.335 e. The Morgan fingerprint density at radius 1 is 1.22 bits per heavy atom. The molecule has 0 aliphatic rings. The molecule has 1 aromatic heterocycles. The molecule has 0 aliphatic carbocycles. The van der Waals surface area contributed by atoms with Gasteiger partial charge in [0.25, 0.3) is 0 Å². The number of carboxylic acids is 1. The number of hydrogen-bond donors (Lipinski definition) is 3. The Balaban J connectivity index is 1.76. The van der Waals surface area contributed by atoms with Crippen molar-refractivity contribution >= 4 is 57.4 Å². The van der Waals surface area contributed by atoms with Gasteiger partial charge in [0.05, 0.1) is 10.9 Å². The number of aromatic carboxylic acids is 1. The molecule has 0 fully saturated rings. The van der Waals surface area contributed by atoms with Crippen LogP contribution in [0.1, 0.15) is 10.4 Å². The topological polar surface area (TPSA) is 87.4 Å². The monoisotopic (exact) mass is 347 g/mol. The maximum Gasteiger partial charge on any atom is 0.335 e. The van der Waals surface area contributed by atoms with Gasteiger partial charge in [-0.05, 0) is 42.5 Å². The van der Waals surface area contributed by atoms with E-state index in [4.69, 9.17) is 33.4 Å². The summed E-state index contributed by atoms with van der Waals surface area (Å²) in [4.78, 5) is 11.0. The molecule has 0 saturated carbocycles. The van der Waals surface area contributed by atoms with Gasteiger partial charge in [0.15, 0.2) is 16.5 Å². The zero-order chi connectivity index (χ0) is 16.4. The first kappa shape index (κ1) is 15.3. The summed E-state index contributed by atoms with van der Waals surface area (Å²) in [5.74, 6) is -0.560. The molecular formula is C15H10ClN3O3S. The van der Waals surface area contributed by atoms with Crippen molar-refractivity contribution in [2.24, 2.45) is 0 Å². The minimum atomic E-state index is -1.01. The third-order valence-corrected chi connectivity index (χ3v) is 3.47. The minimum absolute atomic E-state index is 0.166. The van der Waals surface area contributed by atoms with Crippen LogP contribution in [-0.4, -0.2) is 21.3 Å². The summed E-state index contributed by atoms with van der Waals surface area (Å²) in [5, 5.41) is 20.2. The second-order valence-electron chi connectivity index (χ2n) is 4.64. The normalized spacial score (nSPS) is 10.5. The number of hydrogen-bond acceptors (Lipinski definition) is 4. The molecule has 0 unspecified atom stereocenters. The minimum Gasteiger partial charge on any atom is -0.478 e. The molecule has 0 spiro atoms. The van der Waals surface area contributed by atoms with Gasteiger partial charge in [-0.15, -0.1) is 0 Å². The molecular weight excluding hydrogens is 338 g/mol. The molecule has 3 aromatic rings. The molecule has 3 rings (SSSR count). The standard InChI is InChI=1S/C15H10ClN3O3S/c16-9-4-5-11-12(7-9)22-19-13(11)18-15(23)17-10-3-1-2-8(6-10)14(20)21/h1-7H,(H,20,21)(H2,17,18,19,23). The first-order valence-corrected chi connectivity index (χ1v) is 7.28. The van der Waals surface area contributed by atoms with Gasteiger partial charge in [0.1, 0.15) is 0 Å².